The number of pyridine rings is 2. The third-order valence-electron chi connectivity index (χ3n) is 3.79. The van der Waals surface area contributed by atoms with Gasteiger partial charge in [-0.3, -0.25) is 4.98 Å². The molecule has 118 valence electrons. The van der Waals surface area contributed by atoms with Crippen LogP contribution in [0.25, 0.3) is 16.6 Å². The molecule has 6 heteroatoms. The number of aromatic nitrogens is 4. The van der Waals surface area contributed by atoms with Crippen LogP contribution in [0.1, 0.15) is 5.56 Å². The van der Waals surface area contributed by atoms with Crippen LogP contribution in [0, 0.1) is 0 Å². The number of benzene rings is 1. The second-order valence-corrected chi connectivity index (χ2v) is 5.46. The number of fused-ring (bicyclic) bond motifs is 1. The van der Waals surface area contributed by atoms with Crippen molar-refractivity contribution in [1.82, 2.24) is 19.7 Å². The molecule has 0 saturated carbocycles. The van der Waals surface area contributed by atoms with Crippen LogP contribution in [-0.4, -0.2) is 19.7 Å². The van der Waals surface area contributed by atoms with Gasteiger partial charge in [-0.1, -0.05) is 6.07 Å². The van der Waals surface area contributed by atoms with Crippen molar-refractivity contribution in [2.75, 3.05) is 11.1 Å². The van der Waals surface area contributed by atoms with E-state index in [2.05, 4.69) is 20.4 Å². The maximum atomic E-state index is 5.98. The number of nitrogens with two attached hydrogens (primary N) is 1. The minimum Gasteiger partial charge on any atom is -0.384 e. The van der Waals surface area contributed by atoms with E-state index in [1.807, 2.05) is 54.9 Å². The maximum absolute atomic E-state index is 5.98. The second kappa shape index (κ2) is 6.00. The van der Waals surface area contributed by atoms with Crippen molar-refractivity contribution in [3.63, 3.8) is 0 Å². The van der Waals surface area contributed by atoms with Crippen molar-refractivity contribution in [3.05, 3.63) is 72.8 Å². The Morgan fingerprint density at radius 2 is 2.04 bits per heavy atom. The molecule has 0 fully saturated rings. The van der Waals surface area contributed by atoms with Crippen LogP contribution in [0.15, 0.2) is 67.3 Å². The lowest BCUT2D eigenvalue weighted by Gasteiger charge is -2.12. The van der Waals surface area contributed by atoms with Crippen LogP contribution < -0.4 is 11.1 Å². The summed E-state index contributed by atoms with van der Waals surface area (Å²) >= 11 is 0. The number of rotatable bonds is 4. The van der Waals surface area contributed by atoms with Gasteiger partial charge in [-0.05, 0) is 35.9 Å². The van der Waals surface area contributed by atoms with Crippen LogP contribution in [0.2, 0.25) is 0 Å². The topological polar surface area (TPSA) is 81.6 Å². The van der Waals surface area contributed by atoms with Crippen LogP contribution in [0.3, 0.4) is 0 Å². The zero-order chi connectivity index (χ0) is 16.4. The van der Waals surface area contributed by atoms with Gasteiger partial charge in [0.2, 0.25) is 0 Å². The first-order chi connectivity index (χ1) is 11.8. The Kier molecular flexibility index (Phi) is 3.55. The quantitative estimate of drug-likeness (QED) is 0.605. The Labute approximate surface area is 139 Å². The Hall–Kier alpha value is -3.41. The van der Waals surface area contributed by atoms with Gasteiger partial charge in [0.05, 0.1) is 11.2 Å². The van der Waals surface area contributed by atoms with E-state index in [9.17, 15) is 0 Å². The van der Waals surface area contributed by atoms with Crippen molar-refractivity contribution < 1.29 is 0 Å². The maximum Gasteiger partial charge on any atom is 0.126 e. The van der Waals surface area contributed by atoms with Crippen LogP contribution >= 0.6 is 0 Å². The number of hydrogen-bond donors (Lipinski definition) is 2. The molecule has 0 aliphatic heterocycles. The molecule has 1 aromatic carbocycles. The molecule has 0 saturated heterocycles. The Balaban J connectivity index is 1.70. The summed E-state index contributed by atoms with van der Waals surface area (Å²) in [6.07, 6.45) is 7.25. The van der Waals surface area contributed by atoms with E-state index in [1.165, 1.54) is 0 Å². The average molecular weight is 316 g/mol. The third kappa shape index (κ3) is 2.77. The lowest BCUT2D eigenvalue weighted by molar-refractivity contribution is 0.882. The van der Waals surface area contributed by atoms with Gasteiger partial charge in [0.1, 0.15) is 5.82 Å². The normalized spacial score (nSPS) is 10.8. The molecule has 0 radical (unpaired) electrons. The van der Waals surface area contributed by atoms with E-state index in [0.29, 0.717) is 12.4 Å². The lowest BCUT2D eigenvalue weighted by atomic mass is 10.1. The fraction of sp³-hybridized carbons (Fsp3) is 0.0556. The van der Waals surface area contributed by atoms with Gasteiger partial charge < -0.3 is 11.1 Å². The van der Waals surface area contributed by atoms with Crippen molar-refractivity contribution in [2.24, 2.45) is 0 Å². The molecule has 0 atom stereocenters. The molecule has 3 N–H and O–H groups in total. The van der Waals surface area contributed by atoms with E-state index >= 15 is 0 Å². The highest BCUT2D eigenvalue weighted by Crippen LogP contribution is 2.26. The molecule has 0 aliphatic carbocycles. The number of nitrogen functional groups attached to an aromatic ring is 1. The molecule has 4 aromatic rings. The summed E-state index contributed by atoms with van der Waals surface area (Å²) in [5.41, 5.74) is 9.81. The van der Waals surface area contributed by atoms with Gasteiger partial charge in [0.15, 0.2) is 0 Å². The van der Waals surface area contributed by atoms with Gasteiger partial charge in [-0.2, -0.15) is 5.10 Å². The van der Waals surface area contributed by atoms with E-state index in [-0.39, 0.29) is 0 Å². The molecule has 24 heavy (non-hydrogen) atoms. The molecular weight excluding hydrogens is 300 g/mol. The van der Waals surface area contributed by atoms with Gasteiger partial charge in [0.25, 0.3) is 0 Å². The summed E-state index contributed by atoms with van der Waals surface area (Å²) in [5.74, 6) is 0.480. The van der Waals surface area contributed by atoms with Gasteiger partial charge >= 0.3 is 0 Å². The van der Waals surface area contributed by atoms with Crippen molar-refractivity contribution in [1.29, 1.82) is 0 Å². The largest absolute Gasteiger partial charge is 0.384 e. The SMILES string of the molecule is Nc1cc(NCc2cccnc2)c2ccc(-n3cccn3)cc2n1. The highest BCUT2D eigenvalue weighted by atomic mass is 15.3. The Bertz CT molecular complexity index is 964. The van der Waals surface area contributed by atoms with E-state index < -0.39 is 0 Å². The van der Waals surface area contributed by atoms with Crippen molar-refractivity contribution in [2.45, 2.75) is 6.54 Å². The summed E-state index contributed by atoms with van der Waals surface area (Å²) in [6.45, 7) is 0.674. The summed E-state index contributed by atoms with van der Waals surface area (Å²) in [4.78, 5) is 8.58. The fourth-order valence-electron chi connectivity index (χ4n) is 2.65. The number of nitrogens with one attached hydrogen (secondary N) is 1. The van der Waals surface area contributed by atoms with E-state index in [4.69, 9.17) is 5.73 Å². The molecule has 3 heterocycles. The van der Waals surface area contributed by atoms with Crippen LogP contribution in [0.4, 0.5) is 11.5 Å². The van der Waals surface area contributed by atoms with E-state index in [1.54, 1.807) is 17.1 Å². The molecule has 0 amide bonds. The summed E-state index contributed by atoms with van der Waals surface area (Å²) in [7, 11) is 0. The van der Waals surface area contributed by atoms with Gasteiger partial charge in [-0.25, -0.2) is 9.67 Å². The first-order valence-electron chi connectivity index (χ1n) is 7.63. The standard InChI is InChI=1S/C18H16N6/c19-18-10-16(21-12-13-3-1-6-20-11-13)15-5-4-14(9-17(15)23-18)24-8-2-7-22-24/h1-11H,12H2,(H3,19,21,23). The molecule has 6 nitrogen and oxygen atoms in total. The first kappa shape index (κ1) is 14.2. The van der Waals surface area contributed by atoms with Crippen molar-refractivity contribution >= 4 is 22.4 Å². The number of anilines is 2. The third-order valence-corrected chi connectivity index (χ3v) is 3.79. The molecule has 0 aliphatic rings. The Morgan fingerprint density at radius 3 is 2.83 bits per heavy atom. The minimum absolute atomic E-state index is 0.480. The average Bonchev–Trinajstić information content (AvgIpc) is 3.14. The van der Waals surface area contributed by atoms with Crippen LogP contribution in [0.5, 0.6) is 0 Å². The fourth-order valence-corrected chi connectivity index (χ4v) is 2.65. The molecule has 0 spiro atoms. The zero-order valence-electron chi connectivity index (χ0n) is 12.9. The van der Waals surface area contributed by atoms with Gasteiger partial charge in [0, 0.05) is 48.5 Å². The highest BCUT2D eigenvalue weighted by Gasteiger charge is 2.07. The van der Waals surface area contributed by atoms with Crippen molar-refractivity contribution in [3.8, 4) is 5.69 Å². The zero-order valence-corrected chi connectivity index (χ0v) is 12.9. The van der Waals surface area contributed by atoms with Gasteiger partial charge in [-0.15, -0.1) is 0 Å². The number of hydrogen-bond acceptors (Lipinski definition) is 5. The molecule has 3 aromatic heterocycles. The summed E-state index contributed by atoms with van der Waals surface area (Å²) < 4.78 is 1.80. The molecular formula is C18H16N6. The predicted molar refractivity (Wildman–Crippen MR) is 94.8 cm³/mol. The minimum atomic E-state index is 0.480. The molecule has 0 unspecified atom stereocenters. The lowest BCUT2D eigenvalue weighted by Crippen LogP contribution is -2.03. The smallest absolute Gasteiger partial charge is 0.126 e. The molecule has 0 bridgehead atoms. The van der Waals surface area contributed by atoms with Crippen LogP contribution in [-0.2, 0) is 6.54 Å². The number of nitrogens with zero attached hydrogens (tertiary/aromatic N) is 4. The Morgan fingerprint density at radius 1 is 1.08 bits per heavy atom. The predicted octanol–water partition coefficient (Wildman–Crippen LogP) is 3.01. The first-order valence-corrected chi connectivity index (χ1v) is 7.63. The van der Waals surface area contributed by atoms with E-state index in [0.717, 1.165) is 27.8 Å². The summed E-state index contributed by atoms with van der Waals surface area (Å²) in [6, 6.07) is 13.7. The highest BCUT2D eigenvalue weighted by molar-refractivity contribution is 5.93. The second-order valence-electron chi connectivity index (χ2n) is 5.46. The summed E-state index contributed by atoms with van der Waals surface area (Å²) in [5, 5.41) is 8.68. The molecule has 4 rings (SSSR count). The monoisotopic (exact) mass is 316 g/mol.